The summed E-state index contributed by atoms with van der Waals surface area (Å²) in [5.41, 5.74) is 0.468. The van der Waals surface area contributed by atoms with Crippen LogP contribution in [0.3, 0.4) is 0 Å². The first-order valence-electron chi connectivity index (χ1n) is 6.23. The molecule has 2 N–H and O–H groups in total. The SMILES string of the molecule is C[C@@H](NS(=O)(=O)Cc1cccc(C(=O)O)c1)c1ccco1. The highest BCUT2D eigenvalue weighted by Crippen LogP contribution is 2.15. The minimum Gasteiger partial charge on any atom is -0.478 e. The van der Waals surface area contributed by atoms with Crippen LogP contribution < -0.4 is 4.72 Å². The lowest BCUT2D eigenvalue weighted by Gasteiger charge is -2.12. The molecular weight excluding hydrogens is 294 g/mol. The van der Waals surface area contributed by atoms with E-state index in [9.17, 15) is 13.2 Å². The van der Waals surface area contributed by atoms with Crippen molar-refractivity contribution in [3.8, 4) is 0 Å². The molecule has 7 heteroatoms. The van der Waals surface area contributed by atoms with Gasteiger partial charge in [-0.15, -0.1) is 0 Å². The third-order valence-corrected chi connectivity index (χ3v) is 4.28. The second-order valence-corrected chi connectivity index (χ2v) is 6.37. The number of hydrogen-bond donors (Lipinski definition) is 2. The lowest BCUT2D eigenvalue weighted by molar-refractivity contribution is 0.0696. The van der Waals surface area contributed by atoms with Crippen molar-refractivity contribution < 1.29 is 22.7 Å². The summed E-state index contributed by atoms with van der Waals surface area (Å²) in [4.78, 5) is 10.9. The maximum Gasteiger partial charge on any atom is 0.335 e. The summed E-state index contributed by atoms with van der Waals surface area (Å²) in [6.45, 7) is 1.67. The first-order chi connectivity index (χ1) is 9.87. The van der Waals surface area contributed by atoms with Crippen LogP contribution in [-0.2, 0) is 15.8 Å². The van der Waals surface area contributed by atoms with Gasteiger partial charge < -0.3 is 9.52 Å². The molecule has 0 unspecified atom stereocenters. The second kappa shape index (κ2) is 6.11. The molecule has 0 amide bonds. The van der Waals surface area contributed by atoms with Crippen molar-refractivity contribution in [2.75, 3.05) is 0 Å². The lowest BCUT2D eigenvalue weighted by Crippen LogP contribution is -2.27. The summed E-state index contributed by atoms with van der Waals surface area (Å²) in [6.07, 6.45) is 1.47. The van der Waals surface area contributed by atoms with Crippen molar-refractivity contribution in [2.45, 2.75) is 18.7 Å². The predicted molar refractivity (Wildman–Crippen MR) is 76.3 cm³/mol. The van der Waals surface area contributed by atoms with E-state index in [2.05, 4.69) is 4.72 Å². The summed E-state index contributed by atoms with van der Waals surface area (Å²) >= 11 is 0. The van der Waals surface area contributed by atoms with Gasteiger partial charge in [0.1, 0.15) is 5.76 Å². The smallest absolute Gasteiger partial charge is 0.335 e. The van der Waals surface area contributed by atoms with Crippen LogP contribution in [0.25, 0.3) is 0 Å². The van der Waals surface area contributed by atoms with Gasteiger partial charge in [0.2, 0.25) is 10.0 Å². The molecule has 0 spiro atoms. The van der Waals surface area contributed by atoms with Gasteiger partial charge in [-0.05, 0) is 36.8 Å². The Kier molecular flexibility index (Phi) is 4.44. The molecule has 2 rings (SSSR count). The predicted octanol–water partition coefficient (Wildman–Crippen LogP) is 2.16. The maximum absolute atomic E-state index is 12.1. The summed E-state index contributed by atoms with van der Waals surface area (Å²) in [7, 11) is -3.61. The number of hydrogen-bond acceptors (Lipinski definition) is 4. The Hall–Kier alpha value is -2.12. The fourth-order valence-corrected chi connectivity index (χ4v) is 3.28. The van der Waals surface area contributed by atoms with Crippen LogP contribution in [0.2, 0.25) is 0 Å². The Morgan fingerprint density at radius 1 is 1.33 bits per heavy atom. The minimum absolute atomic E-state index is 0.0572. The molecule has 0 aliphatic carbocycles. The average Bonchev–Trinajstić information content (AvgIpc) is 2.91. The molecule has 112 valence electrons. The molecule has 0 radical (unpaired) electrons. The fraction of sp³-hybridized carbons (Fsp3) is 0.214. The molecule has 1 heterocycles. The van der Waals surface area contributed by atoms with Crippen LogP contribution >= 0.6 is 0 Å². The van der Waals surface area contributed by atoms with E-state index in [-0.39, 0.29) is 11.3 Å². The molecular formula is C14H15NO5S. The van der Waals surface area contributed by atoms with E-state index in [1.807, 2.05) is 0 Å². The fourth-order valence-electron chi connectivity index (χ4n) is 1.92. The first kappa shape index (κ1) is 15.3. The van der Waals surface area contributed by atoms with E-state index in [1.54, 1.807) is 25.1 Å². The van der Waals surface area contributed by atoms with Crippen molar-refractivity contribution in [1.29, 1.82) is 0 Å². The number of benzene rings is 1. The zero-order chi connectivity index (χ0) is 15.5. The molecule has 1 aromatic heterocycles. The van der Waals surface area contributed by atoms with Crippen molar-refractivity contribution in [1.82, 2.24) is 4.72 Å². The van der Waals surface area contributed by atoms with Gasteiger partial charge >= 0.3 is 5.97 Å². The number of furan rings is 1. The van der Waals surface area contributed by atoms with E-state index in [0.717, 1.165) is 0 Å². The molecule has 6 nitrogen and oxygen atoms in total. The number of carbonyl (C=O) groups is 1. The van der Waals surface area contributed by atoms with E-state index in [0.29, 0.717) is 11.3 Å². The number of carboxylic acids is 1. The van der Waals surface area contributed by atoms with Gasteiger partial charge in [0, 0.05) is 0 Å². The Balaban J connectivity index is 2.10. The van der Waals surface area contributed by atoms with Gasteiger partial charge in [-0.2, -0.15) is 0 Å². The molecule has 0 bridgehead atoms. The molecule has 0 saturated carbocycles. The van der Waals surface area contributed by atoms with Crippen LogP contribution in [0.1, 0.15) is 34.6 Å². The first-order valence-corrected chi connectivity index (χ1v) is 7.88. The van der Waals surface area contributed by atoms with E-state index in [1.165, 1.54) is 24.5 Å². The Bertz CT molecular complexity index is 722. The Morgan fingerprint density at radius 3 is 2.71 bits per heavy atom. The highest BCUT2D eigenvalue weighted by molar-refractivity contribution is 7.88. The van der Waals surface area contributed by atoms with Gasteiger partial charge in [-0.1, -0.05) is 12.1 Å². The van der Waals surface area contributed by atoms with Crippen LogP contribution in [0.5, 0.6) is 0 Å². The molecule has 1 aromatic carbocycles. The van der Waals surface area contributed by atoms with Crippen LogP contribution in [-0.4, -0.2) is 19.5 Å². The summed E-state index contributed by atoms with van der Waals surface area (Å²) in [6, 6.07) is 8.71. The summed E-state index contributed by atoms with van der Waals surface area (Å²) in [5, 5.41) is 8.90. The second-order valence-electron chi connectivity index (χ2n) is 4.62. The third-order valence-electron chi connectivity index (χ3n) is 2.86. The van der Waals surface area contributed by atoms with Gasteiger partial charge in [0.15, 0.2) is 0 Å². The molecule has 21 heavy (non-hydrogen) atoms. The van der Waals surface area contributed by atoms with Crippen molar-refractivity contribution in [3.63, 3.8) is 0 Å². The monoisotopic (exact) mass is 309 g/mol. The van der Waals surface area contributed by atoms with Gasteiger partial charge in [-0.25, -0.2) is 17.9 Å². The molecule has 0 saturated heterocycles. The maximum atomic E-state index is 12.1. The summed E-state index contributed by atoms with van der Waals surface area (Å²) in [5.74, 6) is -0.872. The largest absolute Gasteiger partial charge is 0.478 e. The van der Waals surface area contributed by atoms with Gasteiger partial charge in [0.05, 0.1) is 23.6 Å². The average molecular weight is 309 g/mol. The normalized spacial score (nSPS) is 13.0. The third kappa shape index (κ3) is 4.17. The molecule has 1 atom stereocenters. The lowest BCUT2D eigenvalue weighted by atomic mass is 10.1. The topological polar surface area (TPSA) is 96.6 Å². The Labute approximate surface area is 122 Å². The molecule has 0 fully saturated rings. The standard InChI is InChI=1S/C14H15NO5S/c1-10(13-6-3-7-20-13)15-21(18,19)9-11-4-2-5-12(8-11)14(16)17/h2-8,10,15H,9H2,1H3,(H,16,17)/t10-/m1/s1. The summed E-state index contributed by atoms with van der Waals surface area (Å²) < 4.78 is 31.8. The van der Waals surface area contributed by atoms with Gasteiger partial charge in [0.25, 0.3) is 0 Å². The van der Waals surface area contributed by atoms with Crippen molar-refractivity contribution in [2.24, 2.45) is 0 Å². The highest BCUT2D eigenvalue weighted by Gasteiger charge is 2.18. The minimum atomic E-state index is -3.61. The highest BCUT2D eigenvalue weighted by atomic mass is 32.2. The van der Waals surface area contributed by atoms with E-state index < -0.39 is 22.0 Å². The van der Waals surface area contributed by atoms with Gasteiger partial charge in [-0.3, -0.25) is 0 Å². The number of nitrogens with one attached hydrogen (secondary N) is 1. The zero-order valence-corrected chi connectivity index (χ0v) is 12.1. The number of carboxylic acid groups (broad SMARTS) is 1. The quantitative estimate of drug-likeness (QED) is 0.852. The van der Waals surface area contributed by atoms with E-state index >= 15 is 0 Å². The molecule has 2 aromatic rings. The van der Waals surface area contributed by atoms with Crippen molar-refractivity contribution in [3.05, 3.63) is 59.5 Å². The number of rotatable bonds is 6. The van der Waals surface area contributed by atoms with Crippen LogP contribution in [0.15, 0.2) is 47.1 Å². The van der Waals surface area contributed by atoms with Crippen LogP contribution in [0.4, 0.5) is 0 Å². The number of sulfonamides is 1. The molecule has 0 aliphatic rings. The molecule has 0 aliphatic heterocycles. The Morgan fingerprint density at radius 2 is 2.10 bits per heavy atom. The number of aromatic carboxylic acids is 1. The van der Waals surface area contributed by atoms with E-state index in [4.69, 9.17) is 9.52 Å². The van der Waals surface area contributed by atoms with Crippen molar-refractivity contribution >= 4 is 16.0 Å². The van der Waals surface area contributed by atoms with Crippen LogP contribution in [0, 0.1) is 0 Å². The zero-order valence-electron chi connectivity index (χ0n) is 11.3.